The third kappa shape index (κ3) is 4.72. The van der Waals surface area contributed by atoms with Crippen LogP contribution in [0.2, 0.25) is 0 Å². The number of hydrogen-bond acceptors (Lipinski definition) is 6. The van der Waals surface area contributed by atoms with Gasteiger partial charge in [-0.3, -0.25) is 19.5 Å². The van der Waals surface area contributed by atoms with Gasteiger partial charge in [-0.05, 0) is 35.7 Å². The summed E-state index contributed by atoms with van der Waals surface area (Å²) in [6.07, 6.45) is 3.78. The van der Waals surface area contributed by atoms with Crippen molar-refractivity contribution in [1.29, 1.82) is 0 Å². The Morgan fingerprint density at radius 3 is 2.58 bits per heavy atom. The van der Waals surface area contributed by atoms with E-state index in [9.17, 15) is 9.59 Å². The molecule has 0 N–H and O–H groups in total. The van der Waals surface area contributed by atoms with Crippen molar-refractivity contribution in [3.63, 3.8) is 0 Å². The molecule has 0 radical (unpaired) electrons. The van der Waals surface area contributed by atoms with Gasteiger partial charge in [0.05, 0.1) is 18.8 Å². The van der Waals surface area contributed by atoms with Crippen LogP contribution in [0, 0.1) is 0 Å². The van der Waals surface area contributed by atoms with Crippen LogP contribution < -0.4 is 5.56 Å². The summed E-state index contributed by atoms with van der Waals surface area (Å²) in [5.74, 6) is 0.0461. The van der Waals surface area contributed by atoms with Crippen LogP contribution >= 0.6 is 0 Å². The number of piperazine rings is 1. The number of rotatable bonds is 5. The maximum atomic E-state index is 13.1. The number of aromatic nitrogens is 3. The van der Waals surface area contributed by atoms with Crippen molar-refractivity contribution >= 4 is 5.91 Å². The summed E-state index contributed by atoms with van der Waals surface area (Å²) < 4.78 is 7.37. The zero-order chi connectivity index (χ0) is 22.6. The number of amides is 1. The third-order valence-electron chi connectivity index (χ3n) is 6.37. The van der Waals surface area contributed by atoms with Crippen LogP contribution in [0.15, 0.2) is 65.7 Å². The van der Waals surface area contributed by atoms with Crippen molar-refractivity contribution in [2.45, 2.75) is 19.1 Å². The van der Waals surface area contributed by atoms with Crippen LogP contribution in [0.5, 0.6) is 0 Å². The average Bonchev–Trinajstić information content (AvgIpc) is 2.88. The number of pyridine rings is 1. The molecular formula is C25H27N5O3. The van der Waals surface area contributed by atoms with Gasteiger partial charge in [0.1, 0.15) is 0 Å². The highest BCUT2D eigenvalue weighted by atomic mass is 16.5. The van der Waals surface area contributed by atoms with Gasteiger partial charge in [-0.2, -0.15) is 5.10 Å². The molecule has 2 aliphatic heterocycles. The molecule has 0 bridgehead atoms. The first-order valence-corrected chi connectivity index (χ1v) is 11.4. The fraction of sp³-hybridized carbons (Fsp3) is 0.360. The van der Waals surface area contributed by atoms with Crippen LogP contribution in [-0.2, 0) is 22.5 Å². The molecule has 8 nitrogen and oxygen atoms in total. The van der Waals surface area contributed by atoms with E-state index >= 15 is 0 Å². The van der Waals surface area contributed by atoms with Gasteiger partial charge in [-0.25, -0.2) is 4.68 Å². The molecule has 3 aromatic rings. The summed E-state index contributed by atoms with van der Waals surface area (Å²) in [6.45, 7) is 4.62. The Balaban J connectivity index is 1.18. The molecule has 33 heavy (non-hydrogen) atoms. The molecule has 1 saturated heterocycles. The molecule has 4 heterocycles. The van der Waals surface area contributed by atoms with Gasteiger partial charge in [0.2, 0.25) is 0 Å². The summed E-state index contributed by atoms with van der Waals surface area (Å²) in [6, 6.07) is 15.1. The second-order valence-corrected chi connectivity index (χ2v) is 8.38. The first kappa shape index (κ1) is 21.5. The summed E-state index contributed by atoms with van der Waals surface area (Å²) in [4.78, 5) is 33.6. The molecule has 2 aliphatic rings. The Morgan fingerprint density at radius 1 is 0.970 bits per heavy atom. The van der Waals surface area contributed by atoms with Gasteiger partial charge in [0.25, 0.3) is 11.5 Å². The summed E-state index contributed by atoms with van der Waals surface area (Å²) in [5.41, 5.74) is 3.76. The fourth-order valence-electron chi connectivity index (χ4n) is 4.48. The molecule has 0 spiro atoms. The first-order valence-electron chi connectivity index (χ1n) is 11.4. The second-order valence-electron chi connectivity index (χ2n) is 8.38. The van der Waals surface area contributed by atoms with Crippen molar-refractivity contribution < 1.29 is 9.53 Å². The highest BCUT2D eigenvalue weighted by Crippen LogP contribution is 2.29. The lowest BCUT2D eigenvalue weighted by Gasteiger charge is -2.37. The van der Waals surface area contributed by atoms with Crippen LogP contribution in [-0.4, -0.2) is 69.8 Å². The molecule has 5 rings (SSSR count). The topological polar surface area (TPSA) is 80.6 Å². The number of nitrogens with zero attached hydrogens (tertiary/aromatic N) is 5. The van der Waals surface area contributed by atoms with E-state index in [-0.39, 0.29) is 11.5 Å². The lowest BCUT2D eigenvalue weighted by Crippen LogP contribution is -2.51. The molecular weight excluding hydrogens is 418 g/mol. The maximum Gasteiger partial charge on any atom is 0.266 e. The molecule has 170 valence electrons. The summed E-state index contributed by atoms with van der Waals surface area (Å²) in [5, 5.41) is 4.52. The lowest BCUT2D eigenvalue weighted by atomic mass is 9.96. The minimum atomic E-state index is -0.500. The van der Waals surface area contributed by atoms with Gasteiger partial charge >= 0.3 is 0 Å². The molecule has 1 fully saturated rings. The number of fused-ring (bicyclic) bond motifs is 1. The van der Waals surface area contributed by atoms with E-state index in [4.69, 9.17) is 4.74 Å². The maximum absolute atomic E-state index is 13.1. The minimum absolute atomic E-state index is 0.0461. The largest absolute Gasteiger partial charge is 0.363 e. The predicted molar refractivity (Wildman–Crippen MR) is 124 cm³/mol. The van der Waals surface area contributed by atoms with Crippen molar-refractivity contribution in [2.75, 3.05) is 39.3 Å². The normalized spacial score (nSPS) is 18.7. The van der Waals surface area contributed by atoms with Gasteiger partial charge in [0, 0.05) is 56.7 Å². The highest BCUT2D eigenvalue weighted by molar-refractivity contribution is 5.83. The molecule has 2 aromatic heterocycles. The van der Waals surface area contributed by atoms with E-state index in [1.807, 2.05) is 35.2 Å². The number of carbonyl (C=O) groups is 1. The smallest absolute Gasteiger partial charge is 0.266 e. The molecule has 0 saturated carbocycles. The number of hydrogen-bond donors (Lipinski definition) is 0. The average molecular weight is 446 g/mol. The Morgan fingerprint density at radius 2 is 1.76 bits per heavy atom. The van der Waals surface area contributed by atoms with E-state index in [1.54, 1.807) is 24.5 Å². The predicted octanol–water partition coefficient (Wildman–Crippen LogP) is 1.76. The number of carbonyl (C=O) groups excluding carboxylic acids is 1. The zero-order valence-electron chi connectivity index (χ0n) is 18.5. The monoisotopic (exact) mass is 445 g/mol. The van der Waals surface area contributed by atoms with Crippen LogP contribution in [0.1, 0.15) is 17.2 Å². The standard InChI is InChI=1S/C25H27N5O3/c31-23-6-5-22(20-7-10-26-11-8-20)27-30(23)17-14-28-12-15-29(16-13-28)25(32)24-21-4-2-1-3-19(21)9-18-33-24/h1-8,10-11,24H,9,12-18H2. The first-order chi connectivity index (χ1) is 16.2. The highest BCUT2D eigenvalue weighted by Gasteiger charge is 2.32. The molecule has 1 atom stereocenters. The number of benzene rings is 1. The SMILES string of the molecule is O=C(C1OCCc2ccccc21)N1CCN(CCn2nc(-c3ccncc3)ccc2=O)CC1. The Bertz CT molecular complexity index is 1170. The van der Waals surface area contributed by atoms with Crippen LogP contribution in [0.25, 0.3) is 11.3 Å². The fourth-order valence-corrected chi connectivity index (χ4v) is 4.48. The molecule has 8 heteroatoms. The second kappa shape index (κ2) is 9.64. The quantitative estimate of drug-likeness (QED) is 0.596. The van der Waals surface area contributed by atoms with Gasteiger partial charge in [-0.1, -0.05) is 24.3 Å². The molecule has 1 amide bonds. The van der Waals surface area contributed by atoms with Gasteiger partial charge in [0.15, 0.2) is 6.10 Å². The summed E-state index contributed by atoms with van der Waals surface area (Å²) >= 11 is 0. The summed E-state index contributed by atoms with van der Waals surface area (Å²) in [7, 11) is 0. The Labute approximate surface area is 192 Å². The van der Waals surface area contributed by atoms with E-state index in [1.165, 1.54) is 10.2 Å². The van der Waals surface area contributed by atoms with Crippen LogP contribution in [0.3, 0.4) is 0 Å². The molecule has 1 aromatic carbocycles. The molecule has 1 unspecified atom stereocenters. The minimum Gasteiger partial charge on any atom is -0.363 e. The zero-order valence-corrected chi connectivity index (χ0v) is 18.5. The molecule has 0 aliphatic carbocycles. The van der Waals surface area contributed by atoms with Crippen LogP contribution in [0.4, 0.5) is 0 Å². The van der Waals surface area contributed by atoms with E-state index in [0.29, 0.717) is 32.8 Å². The van der Waals surface area contributed by atoms with E-state index in [0.717, 1.165) is 36.3 Å². The number of ether oxygens (including phenoxy) is 1. The van der Waals surface area contributed by atoms with Crippen molar-refractivity contribution in [2.24, 2.45) is 0 Å². The third-order valence-corrected chi connectivity index (χ3v) is 6.37. The lowest BCUT2D eigenvalue weighted by molar-refractivity contribution is -0.147. The van der Waals surface area contributed by atoms with Crippen molar-refractivity contribution in [1.82, 2.24) is 24.6 Å². The Kier molecular flexibility index (Phi) is 6.28. The van der Waals surface area contributed by atoms with E-state index in [2.05, 4.69) is 21.0 Å². The van der Waals surface area contributed by atoms with Gasteiger partial charge in [-0.15, -0.1) is 0 Å². The van der Waals surface area contributed by atoms with Crippen molar-refractivity contribution in [3.05, 3.63) is 82.4 Å². The van der Waals surface area contributed by atoms with Crippen molar-refractivity contribution in [3.8, 4) is 11.3 Å². The Hall–Kier alpha value is -3.36. The van der Waals surface area contributed by atoms with Gasteiger partial charge < -0.3 is 9.64 Å². The van der Waals surface area contributed by atoms with E-state index < -0.39 is 6.10 Å².